The van der Waals surface area contributed by atoms with Gasteiger partial charge in [0, 0.05) is 23.5 Å². The van der Waals surface area contributed by atoms with E-state index in [1.165, 1.54) is 6.07 Å². The van der Waals surface area contributed by atoms with Crippen LogP contribution in [0.5, 0.6) is 0 Å². The van der Waals surface area contributed by atoms with Crippen molar-refractivity contribution < 1.29 is 13.9 Å². The summed E-state index contributed by atoms with van der Waals surface area (Å²) in [5.41, 5.74) is 2.41. The number of carbonyl (C=O) groups excluding carboxylic acids is 1. The Balaban J connectivity index is 1.50. The molecule has 1 aliphatic heterocycles. The molecule has 2 fully saturated rings. The molecule has 2 aromatic rings. The first kappa shape index (κ1) is 17.5. The van der Waals surface area contributed by atoms with Gasteiger partial charge in [-0.3, -0.25) is 4.79 Å². The van der Waals surface area contributed by atoms with Gasteiger partial charge in [-0.2, -0.15) is 0 Å². The second-order valence-corrected chi connectivity index (χ2v) is 7.64. The van der Waals surface area contributed by atoms with E-state index in [-0.39, 0.29) is 23.6 Å². The lowest BCUT2D eigenvalue weighted by molar-refractivity contribution is -0.117. The van der Waals surface area contributed by atoms with Crippen molar-refractivity contribution in [1.82, 2.24) is 0 Å². The van der Waals surface area contributed by atoms with Crippen LogP contribution in [0.25, 0.3) is 0 Å². The van der Waals surface area contributed by atoms with Crippen molar-refractivity contribution in [3.05, 3.63) is 58.3 Å². The third-order valence-corrected chi connectivity index (χ3v) is 5.49. The van der Waals surface area contributed by atoms with Crippen molar-refractivity contribution in [2.45, 2.75) is 12.3 Å². The summed E-state index contributed by atoms with van der Waals surface area (Å²) in [6, 6.07) is 12.6. The Kier molecular flexibility index (Phi) is 4.96. The maximum atomic E-state index is 13.9. The molecule has 0 spiro atoms. The zero-order chi connectivity index (χ0) is 18.1. The minimum Gasteiger partial charge on any atom is -0.378 e. The molecule has 1 amide bonds. The Hall–Kier alpha value is -1.92. The van der Waals surface area contributed by atoms with Crippen molar-refractivity contribution in [3.63, 3.8) is 0 Å². The fourth-order valence-electron chi connectivity index (χ4n) is 3.52. The van der Waals surface area contributed by atoms with Crippen molar-refractivity contribution in [2.24, 2.45) is 5.92 Å². The molecule has 0 aromatic heterocycles. The predicted molar refractivity (Wildman–Crippen MR) is 103 cm³/mol. The van der Waals surface area contributed by atoms with Crippen LogP contribution in [0, 0.1) is 11.7 Å². The van der Waals surface area contributed by atoms with Crippen LogP contribution in [0.15, 0.2) is 46.9 Å². The summed E-state index contributed by atoms with van der Waals surface area (Å²) in [5.74, 6) is -0.492. The largest absolute Gasteiger partial charge is 0.378 e. The Morgan fingerprint density at radius 1 is 1.19 bits per heavy atom. The smallest absolute Gasteiger partial charge is 0.228 e. The van der Waals surface area contributed by atoms with Crippen molar-refractivity contribution in [1.29, 1.82) is 0 Å². The lowest BCUT2D eigenvalue weighted by Crippen LogP contribution is -2.36. The Morgan fingerprint density at radius 2 is 1.96 bits per heavy atom. The van der Waals surface area contributed by atoms with Gasteiger partial charge in [0.15, 0.2) is 0 Å². The van der Waals surface area contributed by atoms with E-state index in [0.29, 0.717) is 25.2 Å². The molecule has 2 unspecified atom stereocenters. The number of hydrogen-bond donors (Lipinski definition) is 1. The molecule has 2 aliphatic rings. The molecule has 2 aromatic carbocycles. The SMILES string of the molecule is O=C(Nc1cc(Br)ccc1N1CCOCC1)C1CC1c1ccccc1F. The summed E-state index contributed by atoms with van der Waals surface area (Å²) in [6.45, 7) is 2.96. The normalized spacial score (nSPS) is 22.2. The van der Waals surface area contributed by atoms with Crippen LogP contribution >= 0.6 is 15.9 Å². The molecule has 1 saturated carbocycles. The number of ether oxygens (including phenoxy) is 1. The molecule has 0 radical (unpaired) electrons. The zero-order valence-corrected chi connectivity index (χ0v) is 15.8. The zero-order valence-electron chi connectivity index (χ0n) is 14.3. The van der Waals surface area contributed by atoms with E-state index in [1.54, 1.807) is 12.1 Å². The number of amides is 1. The third kappa shape index (κ3) is 3.62. The minimum absolute atomic E-state index is 0.0322. The Morgan fingerprint density at radius 3 is 2.73 bits per heavy atom. The van der Waals surface area contributed by atoms with Gasteiger partial charge in [0.2, 0.25) is 5.91 Å². The molecule has 2 atom stereocenters. The monoisotopic (exact) mass is 418 g/mol. The van der Waals surface area contributed by atoms with Gasteiger partial charge < -0.3 is 15.0 Å². The minimum atomic E-state index is -0.232. The van der Waals surface area contributed by atoms with Crippen LogP contribution in [-0.4, -0.2) is 32.2 Å². The number of nitrogens with zero attached hydrogens (tertiary/aromatic N) is 1. The topological polar surface area (TPSA) is 41.6 Å². The average molecular weight is 419 g/mol. The summed E-state index contributed by atoms with van der Waals surface area (Å²) in [6.07, 6.45) is 0.688. The maximum absolute atomic E-state index is 13.9. The highest BCUT2D eigenvalue weighted by atomic mass is 79.9. The standard InChI is InChI=1S/C20H20BrFN2O2/c21-13-5-6-19(24-7-9-26-10-8-24)18(11-13)23-20(25)16-12-15(16)14-3-1-2-4-17(14)22/h1-6,11,15-16H,7-10,12H2,(H,23,25). The molecule has 4 rings (SSSR count). The highest BCUT2D eigenvalue weighted by Crippen LogP contribution is 2.49. The predicted octanol–water partition coefficient (Wildman–Crippen LogP) is 4.17. The van der Waals surface area contributed by atoms with Gasteiger partial charge in [-0.25, -0.2) is 4.39 Å². The number of carbonyl (C=O) groups is 1. The molecule has 6 heteroatoms. The molecule has 4 nitrogen and oxygen atoms in total. The van der Waals surface area contributed by atoms with Gasteiger partial charge in [0.05, 0.1) is 24.6 Å². The Labute approximate surface area is 160 Å². The van der Waals surface area contributed by atoms with Gasteiger partial charge in [0.1, 0.15) is 5.82 Å². The number of morpholine rings is 1. The summed E-state index contributed by atoms with van der Waals surface area (Å²) >= 11 is 3.48. The number of rotatable bonds is 4. The second-order valence-electron chi connectivity index (χ2n) is 6.72. The molecular weight excluding hydrogens is 399 g/mol. The fraction of sp³-hybridized carbons (Fsp3) is 0.350. The molecule has 26 heavy (non-hydrogen) atoms. The quantitative estimate of drug-likeness (QED) is 0.809. The van der Waals surface area contributed by atoms with Gasteiger partial charge in [-0.05, 0) is 42.2 Å². The summed E-state index contributed by atoms with van der Waals surface area (Å²) in [7, 11) is 0. The van der Waals surface area contributed by atoms with Gasteiger partial charge in [-0.15, -0.1) is 0 Å². The lowest BCUT2D eigenvalue weighted by atomic mass is 10.1. The van der Waals surface area contributed by atoms with Gasteiger partial charge in [0.25, 0.3) is 0 Å². The highest BCUT2D eigenvalue weighted by Gasteiger charge is 2.45. The van der Waals surface area contributed by atoms with Crippen molar-refractivity contribution >= 4 is 33.2 Å². The van der Waals surface area contributed by atoms with E-state index in [4.69, 9.17) is 4.74 Å². The van der Waals surface area contributed by atoms with Gasteiger partial charge >= 0.3 is 0 Å². The van der Waals surface area contributed by atoms with Crippen LogP contribution in [0.1, 0.15) is 17.9 Å². The molecule has 1 N–H and O–H groups in total. The molecule has 1 heterocycles. The first-order chi connectivity index (χ1) is 12.6. The lowest BCUT2D eigenvalue weighted by Gasteiger charge is -2.30. The second kappa shape index (κ2) is 7.37. The average Bonchev–Trinajstić information content (AvgIpc) is 3.44. The molecule has 1 aliphatic carbocycles. The Bertz CT molecular complexity index is 823. The van der Waals surface area contributed by atoms with E-state index in [2.05, 4.69) is 26.1 Å². The molecule has 1 saturated heterocycles. The van der Waals surface area contributed by atoms with Gasteiger partial charge in [-0.1, -0.05) is 34.1 Å². The first-order valence-electron chi connectivity index (χ1n) is 8.81. The number of nitrogens with one attached hydrogen (secondary N) is 1. The number of anilines is 2. The van der Waals surface area contributed by atoms with Crippen molar-refractivity contribution in [3.8, 4) is 0 Å². The van der Waals surface area contributed by atoms with E-state index in [9.17, 15) is 9.18 Å². The highest BCUT2D eigenvalue weighted by molar-refractivity contribution is 9.10. The fourth-order valence-corrected chi connectivity index (χ4v) is 3.88. The first-order valence-corrected chi connectivity index (χ1v) is 9.60. The van der Waals surface area contributed by atoms with Crippen LogP contribution in [0.4, 0.5) is 15.8 Å². The van der Waals surface area contributed by atoms with Crippen LogP contribution in [0.2, 0.25) is 0 Å². The van der Waals surface area contributed by atoms with Crippen molar-refractivity contribution in [2.75, 3.05) is 36.5 Å². The summed E-state index contributed by atoms with van der Waals surface area (Å²) in [5, 5.41) is 3.06. The summed E-state index contributed by atoms with van der Waals surface area (Å²) in [4.78, 5) is 14.9. The maximum Gasteiger partial charge on any atom is 0.228 e. The number of hydrogen-bond acceptors (Lipinski definition) is 3. The van der Waals surface area contributed by atoms with Crippen LogP contribution in [-0.2, 0) is 9.53 Å². The van der Waals surface area contributed by atoms with E-state index in [1.807, 2.05) is 24.3 Å². The van der Waals surface area contributed by atoms with E-state index < -0.39 is 0 Å². The number of halogens is 2. The third-order valence-electron chi connectivity index (χ3n) is 5.00. The molecule has 136 valence electrons. The summed E-state index contributed by atoms with van der Waals surface area (Å²) < 4.78 is 20.3. The molecule has 0 bridgehead atoms. The van der Waals surface area contributed by atoms with E-state index in [0.717, 1.165) is 28.9 Å². The number of benzene rings is 2. The molecular formula is C20H20BrFN2O2. The van der Waals surface area contributed by atoms with E-state index >= 15 is 0 Å². The van der Waals surface area contributed by atoms with Crippen LogP contribution < -0.4 is 10.2 Å². The van der Waals surface area contributed by atoms with Crippen LogP contribution in [0.3, 0.4) is 0 Å².